The topological polar surface area (TPSA) is 33.3 Å². The van der Waals surface area contributed by atoms with Crippen molar-refractivity contribution in [3.05, 3.63) is 95.6 Å². The fourth-order valence-electron chi connectivity index (χ4n) is 2.90. The first-order valence-corrected chi connectivity index (χ1v) is 9.49. The molecule has 3 nitrogen and oxygen atoms in total. The van der Waals surface area contributed by atoms with Crippen molar-refractivity contribution in [2.75, 3.05) is 11.9 Å². The predicted octanol–water partition coefficient (Wildman–Crippen LogP) is 5.47. The van der Waals surface area contributed by atoms with Gasteiger partial charge in [-0.2, -0.15) is 0 Å². The van der Waals surface area contributed by atoms with Gasteiger partial charge in [0.2, 0.25) is 0 Å². The zero-order valence-corrected chi connectivity index (χ0v) is 16.4. The van der Waals surface area contributed by atoms with Crippen molar-refractivity contribution in [1.29, 1.82) is 0 Å². The van der Waals surface area contributed by atoms with E-state index < -0.39 is 0 Å². The number of aryl methyl sites for hydroxylation is 1. The summed E-state index contributed by atoms with van der Waals surface area (Å²) in [6, 6.07) is 26.6. The van der Waals surface area contributed by atoms with Crippen LogP contribution >= 0.6 is 12.2 Å². The first-order valence-electron chi connectivity index (χ1n) is 9.08. The molecule has 0 unspecified atom stereocenters. The van der Waals surface area contributed by atoms with Gasteiger partial charge < -0.3 is 15.4 Å². The molecule has 27 heavy (non-hydrogen) atoms. The Hall–Kier alpha value is -2.85. The van der Waals surface area contributed by atoms with E-state index in [1.165, 1.54) is 5.56 Å². The van der Waals surface area contributed by atoms with E-state index in [2.05, 4.69) is 54.0 Å². The molecular weight excluding hydrogens is 352 g/mol. The van der Waals surface area contributed by atoms with Crippen molar-refractivity contribution >= 4 is 23.0 Å². The Bertz CT molecular complexity index is 878. The van der Waals surface area contributed by atoms with Gasteiger partial charge in [-0.05, 0) is 49.3 Å². The second-order valence-electron chi connectivity index (χ2n) is 6.28. The Morgan fingerprint density at radius 2 is 1.52 bits per heavy atom. The molecular formula is C23H24N2OS. The first kappa shape index (κ1) is 18.9. The SMILES string of the molecule is CCOc1ccccc1NC(=S)N[C@@H](c1ccccc1)c1ccc(C)cc1. The Labute approximate surface area is 166 Å². The number of rotatable bonds is 6. The Morgan fingerprint density at radius 3 is 2.22 bits per heavy atom. The molecule has 3 aromatic carbocycles. The average molecular weight is 377 g/mol. The number of anilines is 1. The quantitative estimate of drug-likeness (QED) is 0.559. The van der Waals surface area contributed by atoms with Gasteiger partial charge in [0.25, 0.3) is 0 Å². The summed E-state index contributed by atoms with van der Waals surface area (Å²) in [6.45, 7) is 4.66. The lowest BCUT2D eigenvalue weighted by Crippen LogP contribution is -2.33. The Balaban J connectivity index is 1.82. The number of para-hydroxylation sites is 2. The number of thiocarbonyl (C=S) groups is 1. The highest BCUT2D eigenvalue weighted by Crippen LogP contribution is 2.25. The number of ether oxygens (including phenoxy) is 1. The Morgan fingerprint density at radius 1 is 0.889 bits per heavy atom. The zero-order chi connectivity index (χ0) is 19.1. The number of benzene rings is 3. The van der Waals surface area contributed by atoms with Crippen LogP contribution in [0.15, 0.2) is 78.9 Å². The van der Waals surface area contributed by atoms with E-state index in [1.54, 1.807) is 0 Å². The van der Waals surface area contributed by atoms with Crippen molar-refractivity contribution in [1.82, 2.24) is 5.32 Å². The summed E-state index contributed by atoms with van der Waals surface area (Å²) in [5, 5.41) is 7.28. The van der Waals surface area contributed by atoms with Gasteiger partial charge in [0.15, 0.2) is 5.11 Å². The Kier molecular flexibility index (Phi) is 6.44. The molecule has 1 atom stereocenters. The lowest BCUT2D eigenvalue weighted by Gasteiger charge is -2.23. The summed E-state index contributed by atoms with van der Waals surface area (Å²) in [5.74, 6) is 0.788. The fraction of sp³-hybridized carbons (Fsp3) is 0.174. The molecule has 0 aliphatic rings. The van der Waals surface area contributed by atoms with Crippen molar-refractivity contribution in [2.24, 2.45) is 0 Å². The molecule has 0 saturated carbocycles. The predicted molar refractivity (Wildman–Crippen MR) is 116 cm³/mol. The summed E-state index contributed by atoms with van der Waals surface area (Å²) in [6.07, 6.45) is 0. The van der Waals surface area contributed by atoms with Crippen molar-refractivity contribution < 1.29 is 4.74 Å². The minimum absolute atomic E-state index is 0.0361. The van der Waals surface area contributed by atoms with Crippen molar-refractivity contribution in [3.8, 4) is 5.75 Å². The molecule has 0 bridgehead atoms. The van der Waals surface area contributed by atoms with E-state index in [0.717, 1.165) is 22.6 Å². The third-order valence-electron chi connectivity index (χ3n) is 4.25. The second-order valence-corrected chi connectivity index (χ2v) is 6.69. The largest absolute Gasteiger partial charge is 0.492 e. The van der Waals surface area contributed by atoms with Crippen LogP contribution in [-0.2, 0) is 0 Å². The number of hydrogen-bond donors (Lipinski definition) is 2. The van der Waals surface area contributed by atoms with Gasteiger partial charge in [-0.1, -0.05) is 72.3 Å². The molecule has 0 spiro atoms. The molecule has 0 aliphatic heterocycles. The van der Waals surface area contributed by atoms with E-state index >= 15 is 0 Å². The molecule has 0 aromatic heterocycles. The zero-order valence-electron chi connectivity index (χ0n) is 15.6. The molecule has 0 aliphatic carbocycles. The molecule has 3 aromatic rings. The summed E-state index contributed by atoms with van der Waals surface area (Å²) in [7, 11) is 0. The smallest absolute Gasteiger partial charge is 0.171 e. The van der Waals surface area contributed by atoms with E-state index in [0.29, 0.717) is 11.7 Å². The first-order chi connectivity index (χ1) is 13.2. The molecule has 0 radical (unpaired) electrons. The van der Waals surface area contributed by atoms with Gasteiger partial charge in [0.1, 0.15) is 5.75 Å². The molecule has 0 fully saturated rings. The summed E-state index contributed by atoms with van der Waals surface area (Å²) < 4.78 is 5.68. The number of nitrogens with one attached hydrogen (secondary N) is 2. The fourth-order valence-corrected chi connectivity index (χ4v) is 3.13. The highest BCUT2D eigenvalue weighted by molar-refractivity contribution is 7.80. The van der Waals surface area contributed by atoms with Crippen molar-refractivity contribution in [3.63, 3.8) is 0 Å². The van der Waals surface area contributed by atoms with Gasteiger partial charge in [-0.3, -0.25) is 0 Å². The second kappa shape index (κ2) is 9.19. The van der Waals surface area contributed by atoms with Gasteiger partial charge >= 0.3 is 0 Å². The summed E-state index contributed by atoms with van der Waals surface area (Å²) in [5.41, 5.74) is 4.40. The van der Waals surface area contributed by atoms with Crippen LogP contribution in [0.1, 0.15) is 29.7 Å². The van der Waals surface area contributed by atoms with Crippen LogP contribution in [0.5, 0.6) is 5.75 Å². The lowest BCUT2D eigenvalue weighted by atomic mass is 9.98. The van der Waals surface area contributed by atoms with Crippen LogP contribution in [0.3, 0.4) is 0 Å². The maximum absolute atomic E-state index is 5.68. The summed E-state index contributed by atoms with van der Waals surface area (Å²) in [4.78, 5) is 0. The van der Waals surface area contributed by atoms with Crippen LogP contribution in [0.25, 0.3) is 0 Å². The monoisotopic (exact) mass is 376 g/mol. The highest BCUT2D eigenvalue weighted by Gasteiger charge is 2.15. The average Bonchev–Trinajstić information content (AvgIpc) is 2.69. The van der Waals surface area contributed by atoms with Crippen LogP contribution in [0, 0.1) is 6.92 Å². The molecule has 3 rings (SSSR count). The normalized spacial score (nSPS) is 11.5. The molecule has 0 heterocycles. The van der Waals surface area contributed by atoms with Crippen LogP contribution in [-0.4, -0.2) is 11.7 Å². The van der Waals surface area contributed by atoms with E-state index in [1.807, 2.05) is 49.4 Å². The molecule has 2 N–H and O–H groups in total. The van der Waals surface area contributed by atoms with E-state index in [-0.39, 0.29) is 6.04 Å². The molecule has 4 heteroatoms. The summed E-state index contributed by atoms with van der Waals surface area (Å²) >= 11 is 5.60. The van der Waals surface area contributed by atoms with Gasteiger partial charge in [0, 0.05) is 0 Å². The number of hydrogen-bond acceptors (Lipinski definition) is 2. The minimum Gasteiger partial charge on any atom is -0.492 e. The van der Waals surface area contributed by atoms with E-state index in [9.17, 15) is 0 Å². The third kappa shape index (κ3) is 5.08. The van der Waals surface area contributed by atoms with Crippen LogP contribution in [0.2, 0.25) is 0 Å². The van der Waals surface area contributed by atoms with E-state index in [4.69, 9.17) is 17.0 Å². The molecule has 0 saturated heterocycles. The van der Waals surface area contributed by atoms with Gasteiger partial charge in [0.05, 0.1) is 18.3 Å². The highest BCUT2D eigenvalue weighted by atomic mass is 32.1. The van der Waals surface area contributed by atoms with Crippen molar-refractivity contribution in [2.45, 2.75) is 19.9 Å². The molecule has 138 valence electrons. The molecule has 0 amide bonds. The lowest BCUT2D eigenvalue weighted by molar-refractivity contribution is 0.342. The maximum atomic E-state index is 5.68. The minimum atomic E-state index is -0.0361. The maximum Gasteiger partial charge on any atom is 0.171 e. The van der Waals surface area contributed by atoms with Gasteiger partial charge in [-0.15, -0.1) is 0 Å². The third-order valence-corrected chi connectivity index (χ3v) is 4.47. The van der Waals surface area contributed by atoms with Crippen LogP contribution < -0.4 is 15.4 Å². The van der Waals surface area contributed by atoms with Crippen LogP contribution in [0.4, 0.5) is 5.69 Å². The standard InChI is InChI=1S/C23H24N2OS/c1-3-26-21-12-8-7-11-20(21)24-23(27)25-22(18-9-5-4-6-10-18)19-15-13-17(2)14-16-19/h4-16,22H,3H2,1-2H3,(H2,24,25,27)/t22-/m0/s1. The van der Waals surface area contributed by atoms with Gasteiger partial charge in [-0.25, -0.2) is 0 Å².